The summed E-state index contributed by atoms with van der Waals surface area (Å²) in [5.41, 5.74) is 0. The summed E-state index contributed by atoms with van der Waals surface area (Å²) in [5.74, 6) is 0.783. The number of rotatable bonds is 7. The number of hydrogen-bond acceptors (Lipinski definition) is 4. The summed E-state index contributed by atoms with van der Waals surface area (Å²) in [7, 11) is 0.224. The molecule has 2 atom stereocenters. The molecule has 0 N–H and O–H groups in total. The molecular weight excluding hydrogens is 332 g/mol. The molecule has 1 rings (SSSR count). The third kappa shape index (κ3) is 6.20. The van der Waals surface area contributed by atoms with E-state index in [4.69, 9.17) is 4.74 Å². The van der Waals surface area contributed by atoms with E-state index in [-0.39, 0.29) is 17.6 Å². The molecule has 4 nitrogen and oxygen atoms in total. The average Bonchev–Trinajstić information content (AvgIpc) is 2.38. The molecule has 0 spiro atoms. The minimum Gasteiger partial charge on any atom is -0.493 e. The number of carbonyl (C=O) groups is 1. The summed E-state index contributed by atoms with van der Waals surface area (Å²) in [6.07, 6.45) is 0.167. The first-order valence-corrected chi connectivity index (χ1v) is 8.02. The van der Waals surface area contributed by atoms with E-state index >= 15 is 0 Å². The van der Waals surface area contributed by atoms with Gasteiger partial charge in [0.1, 0.15) is 5.75 Å². The summed E-state index contributed by atoms with van der Waals surface area (Å²) in [5, 5.41) is -0.224. The fourth-order valence-electron chi connectivity index (χ4n) is 1.41. The van der Waals surface area contributed by atoms with Crippen molar-refractivity contribution in [3.8, 4) is 5.75 Å². The van der Waals surface area contributed by atoms with Crippen LogP contribution in [-0.4, -0.2) is 34.9 Å². The predicted octanol–water partition coefficient (Wildman–Crippen LogP) is 2.53. The number of hydrogen-bond donors (Lipinski definition) is 0. The van der Waals surface area contributed by atoms with Gasteiger partial charge in [0.25, 0.3) is 0 Å². The van der Waals surface area contributed by atoms with Crippen LogP contribution in [0.25, 0.3) is 0 Å². The van der Waals surface area contributed by atoms with Gasteiger partial charge in [0.05, 0.1) is 25.9 Å². The molecule has 0 saturated carbocycles. The van der Waals surface area contributed by atoms with E-state index in [9.17, 15) is 9.00 Å². The number of esters is 1. The molecule has 106 valence electrons. The lowest BCUT2D eigenvalue weighted by Crippen LogP contribution is -2.21. The van der Waals surface area contributed by atoms with E-state index in [2.05, 4.69) is 20.7 Å². The van der Waals surface area contributed by atoms with E-state index in [0.29, 0.717) is 12.4 Å². The summed E-state index contributed by atoms with van der Waals surface area (Å²) in [6, 6.07) is 7.46. The first-order chi connectivity index (χ1) is 9.02. The third-order valence-corrected chi connectivity index (χ3v) is 4.61. The SMILES string of the molecule is COC(=O)CC(C)S(=O)CCOc1cccc(Br)c1. The van der Waals surface area contributed by atoms with Gasteiger partial charge in [0.2, 0.25) is 0 Å². The molecule has 0 radical (unpaired) electrons. The first kappa shape index (κ1) is 16.2. The molecule has 0 bridgehead atoms. The van der Waals surface area contributed by atoms with Crippen LogP contribution in [0.5, 0.6) is 5.75 Å². The molecule has 6 heteroatoms. The average molecular weight is 349 g/mol. The van der Waals surface area contributed by atoms with Gasteiger partial charge < -0.3 is 9.47 Å². The largest absolute Gasteiger partial charge is 0.493 e. The molecule has 19 heavy (non-hydrogen) atoms. The molecule has 1 aromatic rings. The number of halogens is 1. The predicted molar refractivity (Wildman–Crippen MR) is 78.7 cm³/mol. The molecule has 0 aliphatic rings. The van der Waals surface area contributed by atoms with Crippen LogP contribution in [0.2, 0.25) is 0 Å². The van der Waals surface area contributed by atoms with Crippen LogP contribution >= 0.6 is 15.9 Å². The second kappa shape index (κ2) is 8.32. The van der Waals surface area contributed by atoms with Gasteiger partial charge in [-0.25, -0.2) is 0 Å². The number of benzene rings is 1. The van der Waals surface area contributed by atoms with Gasteiger partial charge in [-0.05, 0) is 18.2 Å². The Labute approximate surface area is 124 Å². The zero-order chi connectivity index (χ0) is 14.3. The van der Waals surface area contributed by atoms with E-state index < -0.39 is 10.8 Å². The number of ether oxygens (including phenoxy) is 2. The van der Waals surface area contributed by atoms with Crippen molar-refractivity contribution in [3.05, 3.63) is 28.7 Å². The topological polar surface area (TPSA) is 52.6 Å². The van der Waals surface area contributed by atoms with E-state index in [1.165, 1.54) is 7.11 Å². The summed E-state index contributed by atoms with van der Waals surface area (Å²) >= 11 is 3.35. The van der Waals surface area contributed by atoms with Crippen molar-refractivity contribution in [3.63, 3.8) is 0 Å². The van der Waals surface area contributed by atoms with Crippen molar-refractivity contribution in [2.45, 2.75) is 18.6 Å². The van der Waals surface area contributed by atoms with Crippen LogP contribution < -0.4 is 4.74 Å². The third-order valence-electron chi connectivity index (χ3n) is 2.48. The molecule has 0 heterocycles. The van der Waals surface area contributed by atoms with Crippen molar-refractivity contribution in [2.75, 3.05) is 19.5 Å². The van der Waals surface area contributed by atoms with Crippen LogP contribution in [0.15, 0.2) is 28.7 Å². The molecular formula is C13H17BrO4S. The Balaban J connectivity index is 2.32. The van der Waals surface area contributed by atoms with Crippen molar-refractivity contribution < 1.29 is 18.5 Å². The normalized spacial score (nSPS) is 13.6. The fourth-order valence-corrected chi connectivity index (χ4v) is 2.76. The Kier molecular flexibility index (Phi) is 7.09. The number of methoxy groups -OCH3 is 1. The Hall–Kier alpha value is -0.880. The second-order valence-corrected chi connectivity index (χ2v) is 6.87. The monoisotopic (exact) mass is 348 g/mol. The van der Waals surface area contributed by atoms with Crippen LogP contribution in [0.4, 0.5) is 0 Å². The minimum atomic E-state index is -1.10. The van der Waals surface area contributed by atoms with Gasteiger partial charge in [-0.2, -0.15) is 0 Å². The maximum Gasteiger partial charge on any atom is 0.306 e. The van der Waals surface area contributed by atoms with Crippen LogP contribution in [-0.2, 0) is 20.3 Å². The highest BCUT2D eigenvalue weighted by atomic mass is 79.9. The van der Waals surface area contributed by atoms with Gasteiger partial charge in [-0.15, -0.1) is 0 Å². The quantitative estimate of drug-likeness (QED) is 0.710. The highest BCUT2D eigenvalue weighted by Crippen LogP contribution is 2.17. The van der Waals surface area contributed by atoms with E-state index in [0.717, 1.165) is 10.2 Å². The fraction of sp³-hybridized carbons (Fsp3) is 0.462. The van der Waals surface area contributed by atoms with Crippen molar-refractivity contribution in [1.82, 2.24) is 0 Å². The molecule has 0 aliphatic carbocycles. The standard InChI is InChI=1S/C13H17BrO4S/c1-10(8-13(15)17-2)19(16)7-6-18-12-5-3-4-11(14)9-12/h3-5,9-10H,6-8H2,1-2H3. The molecule has 0 aliphatic heterocycles. The Morgan fingerprint density at radius 2 is 2.21 bits per heavy atom. The van der Waals surface area contributed by atoms with Gasteiger partial charge in [0, 0.05) is 20.5 Å². The Morgan fingerprint density at radius 1 is 1.47 bits per heavy atom. The Morgan fingerprint density at radius 3 is 2.84 bits per heavy atom. The first-order valence-electron chi connectivity index (χ1n) is 5.85. The molecule has 0 fully saturated rings. The van der Waals surface area contributed by atoms with Gasteiger partial charge >= 0.3 is 5.97 Å². The van der Waals surface area contributed by atoms with Crippen molar-refractivity contribution >= 4 is 32.7 Å². The summed E-state index contributed by atoms with van der Waals surface area (Å²) in [6.45, 7) is 2.13. The zero-order valence-electron chi connectivity index (χ0n) is 10.9. The highest BCUT2D eigenvalue weighted by molar-refractivity contribution is 9.10. The van der Waals surface area contributed by atoms with Crippen molar-refractivity contribution in [2.24, 2.45) is 0 Å². The molecule has 0 aromatic heterocycles. The zero-order valence-corrected chi connectivity index (χ0v) is 13.3. The van der Waals surface area contributed by atoms with Gasteiger partial charge in [0.15, 0.2) is 0 Å². The molecule has 0 amide bonds. The Bertz CT molecular complexity index is 450. The van der Waals surface area contributed by atoms with Crippen LogP contribution in [0.1, 0.15) is 13.3 Å². The second-order valence-electron chi connectivity index (χ2n) is 3.98. The minimum absolute atomic E-state index is 0.167. The van der Waals surface area contributed by atoms with Crippen LogP contribution in [0, 0.1) is 0 Å². The highest BCUT2D eigenvalue weighted by Gasteiger charge is 2.15. The molecule has 0 saturated heterocycles. The maximum absolute atomic E-state index is 11.9. The van der Waals surface area contributed by atoms with Crippen LogP contribution in [0.3, 0.4) is 0 Å². The lowest BCUT2D eigenvalue weighted by Gasteiger charge is -2.11. The van der Waals surface area contributed by atoms with Crippen molar-refractivity contribution in [1.29, 1.82) is 0 Å². The van der Waals surface area contributed by atoms with Gasteiger partial charge in [-0.1, -0.05) is 28.9 Å². The molecule has 2 unspecified atom stereocenters. The van der Waals surface area contributed by atoms with E-state index in [1.807, 2.05) is 24.3 Å². The maximum atomic E-state index is 11.9. The van der Waals surface area contributed by atoms with E-state index in [1.54, 1.807) is 6.92 Å². The number of carbonyl (C=O) groups excluding carboxylic acids is 1. The summed E-state index contributed by atoms with van der Waals surface area (Å²) < 4.78 is 22.8. The molecule has 1 aromatic carbocycles. The smallest absolute Gasteiger partial charge is 0.306 e. The summed E-state index contributed by atoms with van der Waals surface area (Å²) in [4.78, 5) is 11.1. The lowest BCUT2D eigenvalue weighted by atomic mass is 10.3. The lowest BCUT2D eigenvalue weighted by molar-refractivity contribution is -0.140. The van der Waals surface area contributed by atoms with Gasteiger partial charge in [-0.3, -0.25) is 9.00 Å².